The molecule has 0 aromatic rings. The third-order valence-electron chi connectivity index (χ3n) is 1.31. The molecule has 0 rings (SSSR count). The van der Waals surface area contributed by atoms with Gasteiger partial charge in [-0.2, -0.15) is 0 Å². The molecule has 0 aromatic carbocycles. The van der Waals surface area contributed by atoms with Gasteiger partial charge in [0.05, 0.1) is 0 Å². The third kappa shape index (κ3) is 8.31. The fourth-order valence-electron chi connectivity index (χ4n) is 0.769. The molecule has 0 aliphatic rings. The molecule has 0 bridgehead atoms. The van der Waals surface area contributed by atoms with Crippen molar-refractivity contribution in [2.24, 2.45) is 0 Å². The van der Waals surface area contributed by atoms with Gasteiger partial charge in [0.15, 0.2) is 0 Å². The van der Waals surface area contributed by atoms with Gasteiger partial charge in [-0.15, -0.1) is 11.8 Å². The molecule has 0 radical (unpaired) electrons. The van der Waals surface area contributed by atoms with E-state index in [1.165, 1.54) is 18.2 Å². The molecule has 0 aliphatic carbocycles. The van der Waals surface area contributed by atoms with Crippen LogP contribution < -0.4 is 0 Å². The van der Waals surface area contributed by atoms with Gasteiger partial charge in [-0.25, -0.2) is 0 Å². The van der Waals surface area contributed by atoms with Gasteiger partial charge in [0, 0.05) is 8.07 Å². The van der Waals surface area contributed by atoms with E-state index in [-0.39, 0.29) is 0 Å². The zero-order chi connectivity index (χ0) is 8.04. The molecule has 0 saturated heterocycles. The van der Waals surface area contributed by atoms with Crippen LogP contribution in [0.5, 0.6) is 0 Å². The Kier molecular flexibility index (Phi) is 5.18. The predicted octanol–water partition coefficient (Wildman–Crippen LogP) is 3.59. The van der Waals surface area contributed by atoms with Crippen LogP contribution in [0.4, 0.5) is 0 Å². The van der Waals surface area contributed by atoms with Gasteiger partial charge in [-0.1, -0.05) is 32.3 Å². The summed E-state index contributed by atoms with van der Waals surface area (Å²) in [5.74, 6) is 1.26. The van der Waals surface area contributed by atoms with Crippen LogP contribution in [0.15, 0.2) is 12.0 Å². The maximum absolute atomic E-state index is 3.67. The van der Waals surface area contributed by atoms with Crippen molar-refractivity contribution in [2.75, 3.05) is 5.75 Å². The van der Waals surface area contributed by atoms with Gasteiger partial charge in [0.2, 0.25) is 0 Å². The lowest BCUT2D eigenvalue weighted by Gasteiger charge is -2.14. The molecule has 0 heterocycles. The molecule has 0 unspecified atom stereocenters. The van der Waals surface area contributed by atoms with Crippen LogP contribution in [0, 0.1) is 0 Å². The van der Waals surface area contributed by atoms with Crippen LogP contribution in [-0.2, 0) is 0 Å². The Bertz CT molecular complexity index is 93.9. The molecule has 2 heteroatoms. The standard InChI is InChI=1S/C8H18SSi/c1-5-9-7-6-8-10(2,3)4/h5H,1,6-8H2,2-4H3. The largest absolute Gasteiger partial charge is 0.135 e. The van der Waals surface area contributed by atoms with Gasteiger partial charge in [0.25, 0.3) is 0 Å². The molecule has 0 aromatic heterocycles. The normalized spacial score (nSPS) is 11.5. The lowest BCUT2D eigenvalue weighted by Crippen LogP contribution is -2.18. The molecular formula is C8H18SSi. The fourth-order valence-corrected chi connectivity index (χ4v) is 2.74. The van der Waals surface area contributed by atoms with Crippen molar-refractivity contribution in [3.63, 3.8) is 0 Å². The summed E-state index contributed by atoms with van der Waals surface area (Å²) in [7, 11) is -0.755. The van der Waals surface area contributed by atoms with Crippen molar-refractivity contribution in [2.45, 2.75) is 32.1 Å². The average molecular weight is 174 g/mol. The van der Waals surface area contributed by atoms with Crippen LogP contribution in [0.25, 0.3) is 0 Å². The van der Waals surface area contributed by atoms with Crippen molar-refractivity contribution in [1.82, 2.24) is 0 Å². The first-order valence-corrected chi connectivity index (χ1v) is 8.54. The minimum atomic E-state index is -0.755. The summed E-state index contributed by atoms with van der Waals surface area (Å²) < 4.78 is 0. The summed E-state index contributed by atoms with van der Waals surface area (Å²) in [6, 6.07) is 1.45. The maximum atomic E-state index is 3.67. The lowest BCUT2D eigenvalue weighted by molar-refractivity contribution is 1.07. The van der Waals surface area contributed by atoms with E-state index in [0.29, 0.717) is 0 Å². The molecule has 0 N–H and O–H groups in total. The highest BCUT2D eigenvalue weighted by Gasteiger charge is 2.10. The van der Waals surface area contributed by atoms with Gasteiger partial charge in [-0.05, 0) is 17.6 Å². The topological polar surface area (TPSA) is 0 Å². The minimum Gasteiger partial charge on any atom is -0.135 e. The van der Waals surface area contributed by atoms with Crippen LogP contribution in [-0.4, -0.2) is 13.8 Å². The zero-order valence-corrected chi connectivity index (χ0v) is 9.13. The van der Waals surface area contributed by atoms with E-state index < -0.39 is 8.07 Å². The van der Waals surface area contributed by atoms with Crippen molar-refractivity contribution in [3.8, 4) is 0 Å². The molecule has 10 heavy (non-hydrogen) atoms. The second kappa shape index (κ2) is 5.02. The predicted molar refractivity (Wildman–Crippen MR) is 55.4 cm³/mol. The Morgan fingerprint density at radius 2 is 2.00 bits per heavy atom. The first kappa shape index (κ1) is 10.3. The van der Waals surface area contributed by atoms with Crippen LogP contribution in [0.2, 0.25) is 25.7 Å². The van der Waals surface area contributed by atoms with Gasteiger partial charge in [-0.3, -0.25) is 0 Å². The van der Waals surface area contributed by atoms with Crippen molar-refractivity contribution in [1.29, 1.82) is 0 Å². The lowest BCUT2D eigenvalue weighted by atomic mass is 10.6. The molecule has 0 saturated carbocycles. The smallest absolute Gasteiger partial charge is 0.0442 e. The van der Waals surface area contributed by atoms with Crippen LogP contribution in [0.1, 0.15) is 6.42 Å². The van der Waals surface area contributed by atoms with Crippen LogP contribution in [0.3, 0.4) is 0 Å². The summed E-state index contributed by atoms with van der Waals surface area (Å²) >= 11 is 1.83. The van der Waals surface area contributed by atoms with Crippen molar-refractivity contribution in [3.05, 3.63) is 12.0 Å². The summed E-state index contributed by atoms with van der Waals surface area (Å²) in [6.07, 6.45) is 1.37. The molecule has 0 aliphatic heterocycles. The minimum absolute atomic E-state index is 0.755. The highest BCUT2D eigenvalue weighted by atomic mass is 32.2. The van der Waals surface area contributed by atoms with Gasteiger partial charge < -0.3 is 0 Å². The summed E-state index contributed by atoms with van der Waals surface area (Å²) in [5.41, 5.74) is 0. The van der Waals surface area contributed by atoms with E-state index in [9.17, 15) is 0 Å². The second-order valence-corrected chi connectivity index (χ2v) is 10.4. The number of hydrogen-bond donors (Lipinski definition) is 0. The summed E-state index contributed by atoms with van der Waals surface area (Å²) in [5, 5.41) is 1.93. The third-order valence-corrected chi connectivity index (χ3v) is 3.92. The van der Waals surface area contributed by atoms with E-state index in [2.05, 4.69) is 26.2 Å². The Morgan fingerprint density at radius 1 is 1.40 bits per heavy atom. The SMILES string of the molecule is C=CSCCC[Si](C)(C)C. The highest BCUT2D eigenvalue weighted by Crippen LogP contribution is 2.14. The Morgan fingerprint density at radius 3 is 2.40 bits per heavy atom. The van der Waals surface area contributed by atoms with Gasteiger partial charge in [0.1, 0.15) is 0 Å². The summed E-state index contributed by atoms with van der Waals surface area (Å²) in [4.78, 5) is 0. The Balaban J connectivity index is 3.12. The Hall–Kier alpha value is 0.307. The molecule has 0 nitrogen and oxygen atoms in total. The summed E-state index contributed by atoms with van der Waals surface area (Å²) in [6.45, 7) is 10.9. The van der Waals surface area contributed by atoms with Crippen molar-refractivity contribution < 1.29 is 0 Å². The van der Waals surface area contributed by atoms with E-state index in [1.807, 2.05) is 17.2 Å². The van der Waals surface area contributed by atoms with Gasteiger partial charge >= 0.3 is 0 Å². The molecule has 0 spiro atoms. The van der Waals surface area contributed by atoms with Crippen molar-refractivity contribution >= 4 is 19.8 Å². The zero-order valence-electron chi connectivity index (χ0n) is 7.31. The fraction of sp³-hybridized carbons (Fsp3) is 0.750. The van der Waals surface area contributed by atoms with E-state index in [1.54, 1.807) is 0 Å². The first-order valence-electron chi connectivity index (χ1n) is 3.79. The first-order chi connectivity index (χ1) is 4.56. The Labute approximate surface area is 70.1 Å². The number of thioether (sulfide) groups is 1. The second-order valence-electron chi connectivity index (χ2n) is 3.70. The monoisotopic (exact) mass is 174 g/mol. The van der Waals surface area contributed by atoms with E-state index in [0.717, 1.165) is 0 Å². The number of rotatable bonds is 5. The highest BCUT2D eigenvalue weighted by molar-refractivity contribution is 8.02. The maximum Gasteiger partial charge on any atom is 0.0442 e. The van der Waals surface area contributed by atoms with Crippen LogP contribution >= 0.6 is 11.8 Å². The number of hydrogen-bond acceptors (Lipinski definition) is 1. The quantitative estimate of drug-likeness (QED) is 0.453. The van der Waals surface area contributed by atoms with E-state index >= 15 is 0 Å². The van der Waals surface area contributed by atoms with E-state index in [4.69, 9.17) is 0 Å². The molecule has 0 fully saturated rings. The molecule has 60 valence electrons. The average Bonchev–Trinajstić information content (AvgIpc) is 1.78. The molecular weight excluding hydrogens is 156 g/mol. The molecule has 0 atom stereocenters. The molecule has 0 amide bonds.